The number of hydrogen-bond donors (Lipinski definition) is 2. The van der Waals surface area contributed by atoms with Gasteiger partial charge in [0.2, 0.25) is 0 Å². The molecule has 0 aliphatic rings. The van der Waals surface area contributed by atoms with Crippen LogP contribution in [0.3, 0.4) is 0 Å². The minimum Gasteiger partial charge on any atom is -0.496 e. The quantitative estimate of drug-likeness (QED) is 0.653. The normalized spacial score (nSPS) is 12.2. The third kappa shape index (κ3) is 3.25. The van der Waals surface area contributed by atoms with E-state index in [4.69, 9.17) is 33.8 Å². The van der Waals surface area contributed by atoms with E-state index in [2.05, 4.69) is 5.43 Å². The van der Waals surface area contributed by atoms with Crippen LogP contribution in [0.4, 0.5) is 0 Å². The molecule has 0 aliphatic carbocycles. The fourth-order valence-electron chi connectivity index (χ4n) is 2.14. The third-order valence-corrected chi connectivity index (χ3v) is 3.89. The number of benzene rings is 2. The van der Waals surface area contributed by atoms with Crippen LogP contribution in [0.25, 0.3) is 0 Å². The summed E-state index contributed by atoms with van der Waals surface area (Å²) in [6.07, 6.45) is 0.579. The second-order valence-electron chi connectivity index (χ2n) is 4.37. The highest BCUT2D eigenvalue weighted by atomic mass is 35.5. The zero-order valence-corrected chi connectivity index (χ0v) is 12.6. The molecule has 0 spiro atoms. The van der Waals surface area contributed by atoms with Crippen LogP contribution in [0, 0.1) is 0 Å². The van der Waals surface area contributed by atoms with Crippen molar-refractivity contribution < 1.29 is 4.74 Å². The Labute approximate surface area is 128 Å². The van der Waals surface area contributed by atoms with E-state index in [1.807, 2.05) is 42.5 Å². The monoisotopic (exact) mass is 310 g/mol. The van der Waals surface area contributed by atoms with Crippen molar-refractivity contribution in [3.05, 3.63) is 63.6 Å². The Morgan fingerprint density at radius 1 is 1.10 bits per heavy atom. The lowest BCUT2D eigenvalue weighted by Gasteiger charge is -2.20. The fraction of sp³-hybridized carbons (Fsp3) is 0.200. The zero-order chi connectivity index (χ0) is 14.5. The molecule has 20 heavy (non-hydrogen) atoms. The number of nitrogens with one attached hydrogen (secondary N) is 1. The average molecular weight is 311 g/mol. The van der Waals surface area contributed by atoms with E-state index in [1.165, 1.54) is 0 Å². The van der Waals surface area contributed by atoms with Gasteiger partial charge in [0.1, 0.15) is 5.75 Å². The molecule has 1 unspecified atom stereocenters. The summed E-state index contributed by atoms with van der Waals surface area (Å²) in [5, 5.41) is 1.26. The molecule has 0 amide bonds. The van der Waals surface area contributed by atoms with Crippen LogP contribution in [0.1, 0.15) is 17.2 Å². The van der Waals surface area contributed by atoms with Crippen LogP contribution in [-0.2, 0) is 6.42 Å². The molecule has 0 heterocycles. The maximum atomic E-state index is 6.21. The fourth-order valence-corrected chi connectivity index (χ4v) is 2.70. The summed E-state index contributed by atoms with van der Waals surface area (Å²) in [5.41, 5.74) is 4.63. The second-order valence-corrected chi connectivity index (χ2v) is 5.18. The lowest BCUT2D eigenvalue weighted by atomic mass is 9.98. The minimum atomic E-state index is -0.136. The van der Waals surface area contributed by atoms with Gasteiger partial charge in [0.25, 0.3) is 0 Å². The first-order valence-electron chi connectivity index (χ1n) is 6.19. The van der Waals surface area contributed by atoms with Crippen molar-refractivity contribution in [2.75, 3.05) is 7.11 Å². The Bertz CT molecular complexity index is 570. The summed E-state index contributed by atoms with van der Waals surface area (Å²) in [5.74, 6) is 6.46. The summed E-state index contributed by atoms with van der Waals surface area (Å²) in [6.45, 7) is 0. The molecule has 0 saturated carbocycles. The van der Waals surface area contributed by atoms with Crippen molar-refractivity contribution in [2.24, 2.45) is 5.84 Å². The molecule has 2 rings (SSSR count). The number of ether oxygens (including phenoxy) is 1. The van der Waals surface area contributed by atoms with Crippen molar-refractivity contribution in [2.45, 2.75) is 12.5 Å². The Kier molecular flexibility index (Phi) is 5.26. The minimum absolute atomic E-state index is 0.136. The molecule has 0 aliphatic heterocycles. The van der Waals surface area contributed by atoms with Gasteiger partial charge in [-0.3, -0.25) is 11.3 Å². The largest absolute Gasteiger partial charge is 0.496 e. The van der Waals surface area contributed by atoms with Crippen LogP contribution in [0.5, 0.6) is 5.75 Å². The van der Waals surface area contributed by atoms with Crippen LogP contribution >= 0.6 is 23.2 Å². The second kappa shape index (κ2) is 6.95. The summed E-state index contributed by atoms with van der Waals surface area (Å²) in [7, 11) is 1.63. The highest BCUT2D eigenvalue weighted by Gasteiger charge is 2.18. The lowest BCUT2D eigenvalue weighted by molar-refractivity contribution is 0.399. The first-order valence-corrected chi connectivity index (χ1v) is 6.95. The number of rotatable bonds is 5. The van der Waals surface area contributed by atoms with Gasteiger partial charge < -0.3 is 4.74 Å². The predicted molar refractivity (Wildman–Crippen MR) is 83.2 cm³/mol. The van der Waals surface area contributed by atoms with Crippen LogP contribution < -0.4 is 16.0 Å². The Hall–Kier alpha value is -1.26. The molecule has 0 radical (unpaired) electrons. The van der Waals surface area contributed by atoms with Crippen molar-refractivity contribution in [1.29, 1.82) is 0 Å². The maximum Gasteiger partial charge on any atom is 0.123 e. The summed E-state index contributed by atoms with van der Waals surface area (Å²) < 4.78 is 5.36. The van der Waals surface area contributed by atoms with Gasteiger partial charge >= 0.3 is 0 Å². The van der Waals surface area contributed by atoms with E-state index in [0.29, 0.717) is 16.5 Å². The number of hydrazine groups is 1. The van der Waals surface area contributed by atoms with Crippen molar-refractivity contribution in [3.63, 3.8) is 0 Å². The summed E-state index contributed by atoms with van der Waals surface area (Å²) >= 11 is 12.4. The van der Waals surface area contributed by atoms with Crippen LogP contribution in [0.15, 0.2) is 42.5 Å². The first kappa shape index (κ1) is 15.1. The number of hydrogen-bond acceptors (Lipinski definition) is 3. The van der Waals surface area contributed by atoms with Gasteiger partial charge in [0.05, 0.1) is 13.2 Å². The highest BCUT2D eigenvalue weighted by molar-refractivity contribution is 6.36. The molecule has 0 fully saturated rings. The molecule has 1 atom stereocenters. The molecule has 3 N–H and O–H groups in total. The highest BCUT2D eigenvalue weighted by Crippen LogP contribution is 2.32. The van der Waals surface area contributed by atoms with Crippen LogP contribution in [0.2, 0.25) is 10.0 Å². The predicted octanol–water partition coefficient (Wildman–Crippen LogP) is 3.75. The number of nitrogens with two attached hydrogens (primary N) is 1. The van der Waals surface area contributed by atoms with Gasteiger partial charge in [-0.25, -0.2) is 0 Å². The van der Waals surface area contributed by atoms with Crippen molar-refractivity contribution in [3.8, 4) is 5.75 Å². The molecule has 5 heteroatoms. The summed E-state index contributed by atoms with van der Waals surface area (Å²) in [6, 6.07) is 13.0. The van der Waals surface area contributed by atoms with E-state index < -0.39 is 0 Å². The zero-order valence-electron chi connectivity index (χ0n) is 11.1. The molecule has 3 nitrogen and oxygen atoms in total. The summed E-state index contributed by atoms with van der Waals surface area (Å²) in [4.78, 5) is 0. The first-order chi connectivity index (χ1) is 9.67. The van der Waals surface area contributed by atoms with E-state index >= 15 is 0 Å². The Balaban J connectivity index is 2.34. The van der Waals surface area contributed by atoms with Crippen molar-refractivity contribution in [1.82, 2.24) is 5.43 Å². The molecular formula is C15H16Cl2N2O. The SMILES string of the molecule is COc1ccccc1C(Cc1c(Cl)cccc1Cl)NN. The standard InChI is InChI=1S/C15H16Cl2N2O/c1-20-15-8-3-2-5-10(15)14(19-18)9-11-12(16)6-4-7-13(11)17/h2-8,14,19H,9,18H2,1H3. The smallest absolute Gasteiger partial charge is 0.123 e. The lowest BCUT2D eigenvalue weighted by Crippen LogP contribution is -2.30. The van der Waals surface area contributed by atoms with Crippen molar-refractivity contribution >= 4 is 23.2 Å². The maximum absolute atomic E-state index is 6.21. The molecule has 2 aromatic carbocycles. The van der Waals surface area contributed by atoms with Gasteiger partial charge in [-0.2, -0.15) is 0 Å². The Morgan fingerprint density at radius 2 is 1.75 bits per heavy atom. The number of halogens is 2. The van der Waals surface area contributed by atoms with E-state index in [0.717, 1.165) is 16.9 Å². The van der Waals surface area contributed by atoms with E-state index in [-0.39, 0.29) is 6.04 Å². The van der Waals surface area contributed by atoms with E-state index in [1.54, 1.807) is 7.11 Å². The van der Waals surface area contributed by atoms with Gasteiger partial charge in [0.15, 0.2) is 0 Å². The van der Waals surface area contributed by atoms with Gasteiger partial charge in [-0.1, -0.05) is 47.5 Å². The molecule has 106 valence electrons. The molecule has 0 bridgehead atoms. The topological polar surface area (TPSA) is 47.3 Å². The van der Waals surface area contributed by atoms with E-state index in [9.17, 15) is 0 Å². The number of methoxy groups -OCH3 is 1. The molecule has 0 aromatic heterocycles. The van der Waals surface area contributed by atoms with Gasteiger partial charge in [0, 0.05) is 15.6 Å². The average Bonchev–Trinajstić information content (AvgIpc) is 2.47. The third-order valence-electron chi connectivity index (χ3n) is 3.19. The Morgan fingerprint density at radius 3 is 2.35 bits per heavy atom. The number of para-hydroxylation sites is 1. The molecule has 2 aromatic rings. The molecular weight excluding hydrogens is 295 g/mol. The molecule has 0 saturated heterocycles. The van der Waals surface area contributed by atoms with Crippen LogP contribution in [-0.4, -0.2) is 7.11 Å². The van der Waals surface area contributed by atoms with Gasteiger partial charge in [-0.15, -0.1) is 0 Å². The van der Waals surface area contributed by atoms with Gasteiger partial charge in [-0.05, 0) is 30.2 Å².